The summed E-state index contributed by atoms with van der Waals surface area (Å²) in [6.07, 6.45) is 8.00. The van der Waals surface area contributed by atoms with E-state index in [-0.39, 0.29) is 136 Å². The molecule has 1 aromatic heterocycles. The third-order valence-electron chi connectivity index (χ3n) is 20.2. The number of carbonyl (C=O) groups is 9. The number of ketones is 2. The number of amides is 8. The van der Waals surface area contributed by atoms with Crippen LogP contribution in [0.4, 0.5) is 26.7 Å². The number of Topliss-reactive ketones (excluding diaryl/α,β-unsaturated/α-hetero) is 2. The van der Waals surface area contributed by atoms with Gasteiger partial charge in [0.05, 0.1) is 47.7 Å². The SMILES string of the molecule is CO[C@H]1/C=C/O[C@@]2(C)Oc3c(C)c(=O)c4c(O)c(c5oc6cc(N7CCC(NC(=O)OCc8ccc(NC(=O)[C@H](CCCNC(N)=O)CC(=O)[C@@H](NC(=O)CCCCCN9C(=O)C=CC9=O)C(C)C)cc8)CC7)ccc6nc5c4c3C2=O)NC(=O)/C(C)=C\C=C\[C@H](C)[C@H](O)[C@@H](C)[C@@H](O)[C@@H](C)[C@H](O)[C@@H]1C. The quantitative estimate of drug-likeness (QED) is 0.0103. The number of aromatic hydroxyl groups is 1. The van der Waals surface area contributed by atoms with E-state index >= 15 is 0 Å². The standard InChI is InChI=1S/C76H95N9O19/c1-39(2)61(82-55(87)19-12-11-13-32-85-56(88)26-27-57(85)89)52(86)36-47(18-15-31-78-74(77)98)73(97)79-48-22-20-46(21-23-48)38-101-75(99)80-49-28-33-84(34-29-49)50-24-25-51-54(37-50)103-70-62(81-51)58-59-67(93)45(8)69-60(58)71(95)76(9,104-69)102-35-30-53(100-10)42(5)65(91)44(7)66(92)43(6)64(90)40(3)16-14-17-41(4)72(96)83-63(70)68(59)94/h14,16-17,20-27,30,35,37,39-40,42-44,47,49,53,61,64-66,90-92,94H,11-13,15,18-19,28-29,31-34,36,38H2,1-10H3,(H,79,97)(H,80,99)(H,82,87)(H,83,96)(H3,77,78,98)/b16-14+,35-30+,41-17-/t40-,42+,43+,44-,47+,53-,61-,64-,65+,66+,76-/m0/s1. The number of nitrogens with one attached hydrogen (secondary N) is 5. The maximum atomic E-state index is 14.9. The summed E-state index contributed by atoms with van der Waals surface area (Å²) in [5.41, 5.74) is 6.10. The van der Waals surface area contributed by atoms with Gasteiger partial charge in [-0.15, -0.1) is 0 Å². The van der Waals surface area contributed by atoms with Crippen LogP contribution in [0.2, 0.25) is 0 Å². The molecule has 104 heavy (non-hydrogen) atoms. The highest BCUT2D eigenvalue weighted by molar-refractivity contribution is 6.26. The number of primary amides is 1. The van der Waals surface area contributed by atoms with Gasteiger partial charge in [-0.3, -0.25) is 43.3 Å². The summed E-state index contributed by atoms with van der Waals surface area (Å²) < 4.78 is 30.3. The van der Waals surface area contributed by atoms with Gasteiger partial charge in [0.2, 0.25) is 11.8 Å². The number of ether oxygens (including phenoxy) is 4. The summed E-state index contributed by atoms with van der Waals surface area (Å²) in [7, 11) is 1.43. The number of benzene rings is 4. The van der Waals surface area contributed by atoms with Gasteiger partial charge in [-0.2, -0.15) is 0 Å². The van der Waals surface area contributed by atoms with Crippen LogP contribution in [-0.2, 0) is 49.6 Å². The lowest BCUT2D eigenvalue weighted by atomic mass is 9.78. The van der Waals surface area contributed by atoms with Crippen LogP contribution in [-0.4, -0.2) is 159 Å². The Balaban J connectivity index is 0.862. The molecule has 0 aliphatic carbocycles. The Morgan fingerprint density at radius 2 is 1.54 bits per heavy atom. The fraction of sp³-hybridized carbons (Fsp3) is 0.487. The molecule has 0 unspecified atom stereocenters. The number of urea groups is 1. The molecule has 4 aliphatic rings. The number of anilines is 3. The van der Waals surface area contributed by atoms with Crippen LogP contribution in [0.15, 0.2) is 100.0 Å². The van der Waals surface area contributed by atoms with Crippen LogP contribution in [0.1, 0.15) is 135 Å². The van der Waals surface area contributed by atoms with Crippen LogP contribution in [0.3, 0.4) is 0 Å². The molecule has 558 valence electrons. The molecule has 8 amide bonds. The number of fused-ring (bicyclic) bond motifs is 2. The van der Waals surface area contributed by atoms with E-state index in [0.29, 0.717) is 68.6 Å². The average Bonchev–Trinajstić information content (AvgIpc) is 1.47. The summed E-state index contributed by atoms with van der Waals surface area (Å²) in [6.45, 7) is 15.9. The number of carbonyl (C=O) groups excluding carboxylic acids is 9. The second kappa shape index (κ2) is 34.1. The van der Waals surface area contributed by atoms with Gasteiger partial charge in [-0.1, -0.05) is 78.3 Å². The third-order valence-corrected chi connectivity index (χ3v) is 20.2. The summed E-state index contributed by atoms with van der Waals surface area (Å²) >= 11 is 0. The van der Waals surface area contributed by atoms with Gasteiger partial charge in [0, 0.05) is 135 Å². The van der Waals surface area contributed by atoms with Crippen LogP contribution in [0.5, 0.6) is 11.5 Å². The maximum Gasteiger partial charge on any atom is 0.407 e. The lowest BCUT2D eigenvalue weighted by molar-refractivity contribution is -0.137. The van der Waals surface area contributed by atoms with Crippen molar-refractivity contribution >= 4 is 103 Å². The van der Waals surface area contributed by atoms with Gasteiger partial charge in [-0.25, -0.2) is 14.6 Å². The van der Waals surface area contributed by atoms with Crippen LogP contribution in [0, 0.1) is 42.4 Å². The third kappa shape index (κ3) is 17.9. The molecule has 0 radical (unpaired) electrons. The predicted molar refractivity (Wildman–Crippen MR) is 387 cm³/mol. The van der Waals surface area contributed by atoms with Crippen LogP contribution >= 0.6 is 0 Å². The van der Waals surface area contributed by atoms with E-state index < -0.39 is 107 Å². The number of hydrogen-bond donors (Lipinski definition) is 10. The zero-order valence-corrected chi connectivity index (χ0v) is 60.2. The van der Waals surface area contributed by atoms with E-state index in [2.05, 4.69) is 31.5 Å². The van der Waals surface area contributed by atoms with Crippen LogP contribution in [0.25, 0.3) is 33.0 Å². The summed E-state index contributed by atoms with van der Waals surface area (Å²) in [5.74, 6) is -10.1. The molecule has 4 aliphatic heterocycles. The molecule has 4 bridgehead atoms. The van der Waals surface area contributed by atoms with Crippen molar-refractivity contribution in [3.05, 3.63) is 118 Å². The highest BCUT2D eigenvalue weighted by atomic mass is 16.7. The van der Waals surface area contributed by atoms with Crippen molar-refractivity contribution in [1.82, 2.24) is 25.8 Å². The zero-order valence-electron chi connectivity index (χ0n) is 60.2. The minimum atomic E-state index is -2.09. The number of imide groups is 1. The molecule has 9 rings (SSSR count). The number of phenolic OH excluding ortho intramolecular Hbond substituents is 1. The Morgan fingerprint density at radius 3 is 2.21 bits per heavy atom. The Labute approximate surface area is 601 Å². The molecular weight excluding hydrogens is 1340 g/mol. The molecular formula is C76H95N9O19. The number of hydrogen-bond acceptors (Lipinski definition) is 21. The number of methoxy groups -OCH3 is 1. The van der Waals surface area contributed by atoms with Crippen LogP contribution < -0.4 is 47.4 Å². The molecule has 0 spiro atoms. The number of aliphatic hydroxyl groups excluding tert-OH is 3. The van der Waals surface area contributed by atoms with E-state index in [1.54, 1.807) is 90.1 Å². The van der Waals surface area contributed by atoms with E-state index in [9.17, 15) is 68.4 Å². The van der Waals surface area contributed by atoms with Gasteiger partial charge in [-0.05, 0) is 94.2 Å². The van der Waals surface area contributed by atoms with Crippen molar-refractivity contribution in [3.63, 3.8) is 0 Å². The Hall–Kier alpha value is -10.0. The van der Waals surface area contributed by atoms with Crippen molar-refractivity contribution in [2.24, 2.45) is 41.2 Å². The van der Waals surface area contributed by atoms with E-state index in [1.807, 2.05) is 6.07 Å². The second-order valence-electron chi connectivity index (χ2n) is 28.0. The van der Waals surface area contributed by atoms with Gasteiger partial charge >= 0.3 is 17.9 Å². The molecule has 1 fully saturated rings. The number of rotatable bonds is 22. The number of allylic oxidation sites excluding steroid dienone is 2. The van der Waals surface area contributed by atoms with E-state index in [1.165, 1.54) is 58.4 Å². The van der Waals surface area contributed by atoms with Crippen molar-refractivity contribution in [2.45, 2.75) is 169 Å². The van der Waals surface area contributed by atoms with Crippen molar-refractivity contribution < 1.29 is 86.9 Å². The first kappa shape index (κ1) is 78.1. The van der Waals surface area contributed by atoms with E-state index in [0.717, 1.165) is 4.90 Å². The second-order valence-corrected chi connectivity index (χ2v) is 28.0. The topological polar surface area (TPSA) is 407 Å². The highest BCUT2D eigenvalue weighted by Crippen LogP contribution is 2.49. The molecule has 4 aromatic carbocycles. The highest BCUT2D eigenvalue weighted by Gasteiger charge is 2.50. The minimum Gasteiger partial charge on any atom is -0.505 e. The van der Waals surface area contributed by atoms with Gasteiger partial charge in [0.25, 0.3) is 23.5 Å². The predicted octanol–water partition coefficient (Wildman–Crippen LogP) is 7.91. The number of nitrogens with zero attached hydrogens (tertiary/aromatic N) is 3. The first-order valence-corrected chi connectivity index (χ1v) is 35.3. The summed E-state index contributed by atoms with van der Waals surface area (Å²) in [4.78, 5) is 141. The molecule has 0 saturated carbocycles. The number of alkyl carbamates (subject to hydrolysis) is 1. The number of aliphatic hydroxyl groups is 3. The normalized spacial score (nSPS) is 24.4. The smallest absolute Gasteiger partial charge is 0.407 e. The van der Waals surface area contributed by atoms with Crippen molar-refractivity contribution in [2.75, 3.05) is 48.8 Å². The molecule has 5 aromatic rings. The molecule has 11 N–H and O–H groups in total. The summed E-state index contributed by atoms with van der Waals surface area (Å²) in [5, 5.41) is 60.2. The fourth-order valence-corrected chi connectivity index (χ4v) is 13.7. The lowest BCUT2D eigenvalue weighted by Gasteiger charge is -2.36. The van der Waals surface area contributed by atoms with Crippen molar-refractivity contribution in [3.8, 4) is 11.5 Å². The number of nitrogens with two attached hydrogens (primary N) is 1. The number of unbranched alkanes of at least 4 members (excludes halogenated alkanes) is 2. The first-order valence-electron chi connectivity index (χ1n) is 35.3. The summed E-state index contributed by atoms with van der Waals surface area (Å²) in [6, 6.07) is 9.97. The first-order chi connectivity index (χ1) is 49.4. The van der Waals surface area contributed by atoms with Gasteiger partial charge in [0.15, 0.2) is 28.1 Å². The van der Waals surface area contributed by atoms with Gasteiger partial charge < -0.3 is 81.0 Å². The molecule has 28 nitrogen and oxygen atoms in total. The molecule has 28 heteroatoms. The molecule has 5 heterocycles. The largest absolute Gasteiger partial charge is 0.505 e. The maximum absolute atomic E-state index is 14.9. The minimum absolute atomic E-state index is 0.0460. The number of aromatic nitrogens is 1. The number of piperidine rings is 1. The zero-order chi connectivity index (χ0) is 75.6. The van der Waals surface area contributed by atoms with Crippen molar-refractivity contribution in [1.29, 1.82) is 0 Å². The van der Waals surface area contributed by atoms with E-state index in [4.69, 9.17) is 34.1 Å². The Kier molecular flexibility index (Phi) is 25.6. The Morgan fingerprint density at radius 1 is 0.856 bits per heavy atom. The fourth-order valence-electron chi connectivity index (χ4n) is 13.7. The molecule has 1 saturated heterocycles. The monoisotopic (exact) mass is 1440 g/mol. The Bertz CT molecular complexity index is 4270. The average molecular weight is 1440 g/mol. The lowest BCUT2D eigenvalue weighted by Crippen LogP contribution is -2.45. The number of phenols is 1. The van der Waals surface area contributed by atoms with Gasteiger partial charge in [0.1, 0.15) is 29.1 Å². The molecule has 11 atom stereocenters.